The molecule has 0 bridgehead atoms. The van der Waals surface area contributed by atoms with Gasteiger partial charge >= 0.3 is 0 Å². The second-order valence-corrected chi connectivity index (χ2v) is 3.09. The zero-order valence-electron chi connectivity index (χ0n) is 9.01. The zero-order chi connectivity index (χ0) is 11.8. The molecule has 16 heavy (non-hydrogen) atoms. The van der Waals surface area contributed by atoms with E-state index in [1.807, 2.05) is 0 Å². The van der Waals surface area contributed by atoms with E-state index in [0.29, 0.717) is 12.2 Å². The Morgan fingerprint density at radius 1 is 1.38 bits per heavy atom. The molecule has 1 rings (SSSR count). The van der Waals surface area contributed by atoms with Crippen LogP contribution in [0.1, 0.15) is 6.92 Å². The fraction of sp³-hybridized carbons (Fsp3) is 0.250. The second-order valence-electron chi connectivity index (χ2n) is 3.09. The lowest BCUT2D eigenvalue weighted by molar-refractivity contribution is -0.115. The number of hydrogen-bond donors (Lipinski definition) is 2. The number of rotatable bonds is 4. The van der Waals surface area contributed by atoms with Gasteiger partial charge in [-0.2, -0.15) is 0 Å². The Balaban J connectivity index is 2.33. The van der Waals surface area contributed by atoms with E-state index in [9.17, 15) is 9.18 Å². The Bertz CT molecular complexity index is 403. The molecular weight excluding hydrogens is 207 g/mol. The van der Waals surface area contributed by atoms with Crippen LogP contribution in [0.3, 0.4) is 0 Å². The number of hydrogen-bond acceptors (Lipinski definition) is 2. The third-order valence-corrected chi connectivity index (χ3v) is 1.80. The minimum Gasteiger partial charge on any atom is -0.325 e. The number of benzene rings is 1. The van der Waals surface area contributed by atoms with E-state index in [4.69, 9.17) is 0 Å². The van der Waals surface area contributed by atoms with Gasteiger partial charge in [0.05, 0.1) is 13.1 Å². The summed E-state index contributed by atoms with van der Waals surface area (Å²) in [5, 5.41) is 5.49. The highest BCUT2D eigenvalue weighted by molar-refractivity contribution is 5.92. The average molecular weight is 220 g/mol. The molecule has 0 fully saturated rings. The van der Waals surface area contributed by atoms with Gasteiger partial charge in [0.25, 0.3) is 0 Å². The first-order chi connectivity index (χ1) is 7.72. The molecule has 0 unspecified atom stereocenters. The van der Waals surface area contributed by atoms with E-state index in [1.54, 1.807) is 6.92 Å². The van der Waals surface area contributed by atoms with Crippen molar-refractivity contribution in [3.8, 4) is 11.8 Å². The van der Waals surface area contributed by atoms with Crippen LogP contribution >= 0.6 is 0 Å². The number of carbonyl (C=O) groups excluding carboxylic acids is 1. The topological polar surface area (TPSA) is 41.1 Å². The van der Waals surface area contributed by atoms with Gasteiger partial charge in [-0.3, -0.25) is 10.1 Å². The average Bonchev–Trinajstić information content (AvgIpc) is 2.28. The summed E-state index contributed by atoms with van der Waals surface area (Å²) in [6.07, 6.45) is 0. The molecule has 0 atom stereocenters. The molecule has 0 radical (unpaired) electrons. The Labute approximate surface area is 94.0 Å². The molecule has 0 heterocycles. The first-order valence-electron chi connectivity index (χ1n) is 4.88. The van der Waals surface area contributed by atoms with Crippen molar-refractivity contribution in [2.24, 2.45) is 0 Å². The van der Waals surface area contributed by atoms with Gasteiger partial charge in [0, 0.05) is 5.69 Å². The van der Waals surface area contributed by atoms with Gasteiger partial charge in [-0.15, -0.1) is 5.92 Å². The predicted molar refractivity (Wildman–Crippen MR) is 61.3 cm³/mol. The van der Waals surface area contributed by atoms with Gasteiger partial charge in [0.1, 0.15) is 5.82 Å². The van der Waals surface area contributed by atoms with Crippen LogP contribution in [-0.2, 0) is 4.79 Å². The zero-order valence-corrected chi connectivity index (χ0v) is 9.01. The normalized spacial score (nSPS) is 9.12. The Morgan fingerprint density at radius 2 is 2.06 bits per heavy atom. The lowest BCUT2D eigenvalue weighted by Gasteiger charge is -2.04. The van der Waals surface area contributed by atoms with Crippen LogP contribution < -0.4 is 10.6 Å². The third-order valence-electron chi connectivity index (χ3n) is 1.80. The van der Waals surface area contributed by atoms with Crippen molar-refractivity contribution in [3.63, 3.8) is 0 Å². The highest BCUT2D eigenvalue weighted by atomic mass is 19.1. The van der Waals surface area contributed by atoms with Crippen LogP contribution in [0.15, 0.2) is 24.3 Å². The fourth-order valence-corrected chi connectivity index (χ4v) is 1.07. The summed E-state index contributed by atoms with van der Waals surface area (Å²) >= 11 is 0. The van der Waals surface area contributed by atoms with Gasteiger partial charge in [0.2, 0.25) is 5.91 Å². The molecule has 2 N–H and O–H groups in total. The van der Waals surface area contributed by atoms with Crippen LogP contribution in [-0.4, -0.2) is 19.0 Å². The Kier molecular flexibility index (Phi) is 5.03. The molecule has 0 spiro atoms. The van der Waals surface area contributed by atoms with Gasteiger partial charge in [-0.05, 0) is 31.2 Å². The lowest BCUT2D eigenvalue weighted by atomic mass is 10.3. The maximum atomic E-state index is 12.6. The van der Waals surface area contributed by atoms with Crippen LogP contribution in [0, 0.1) is 17.7 Å². The summed E-state index contributed by atoms with van der Waals surface area (Å²) in [5.41, 5.74) is 0.578. The third kappa shape index (κ3) is 4.58. The highest BCUT2D eigenvalue weighted by Crippen LogP contribution is 2.07. The Hall–Kier alpha value is -1.86. The number of amides is 1. The fourth-order valence-electron chi connectivity index (χ4n) is 1.07. The monoisotopic (exact) mass is 220 g/mol. The molecule has 0 saturated carbocycles. The number of nitrogens with one attached hydrogen (secondary N) is 2. The second kappa shape index (κ2) is 6.59. The lowest BCUT2D eigenvalue weighted by Crippen LogP contribution is -2.28. The molecule has 0 aliphatic heterocycles. The largest absolute Gasteiger partial charge is 0.325 e. The van der Waals surface area contributed by atoms with Gasteiger partial charge < -0.3 is 5.32 Å². The predicted octanol–water partition coefficient (Wildman–Crippen LogP) is 1.38. The Morgan fingerprint density at radius 3 is 2.69 bits per heavy atom. The molecule has 1 amide bonds. The molecule has 84 valence electrons. The van der Waals surface area contributed by atoms with Crippen LogP contribution in [0.5, 0.6) is 0 Å². The maximum absolute atomic E-state index is 12.6. The summed E-state index contributed by atoms with van der Waals surface area (Å²) in [6.45, 7) is 2.40. The molecule has 0 aliphatic carbocycles. The van der Waals surface area contributed by atoms with Crippen LogP contribution in [0.25, 0.3) is 0 Å². The SMILES string of the molecule is CC#CCNCC(=O)Nc1ccc(F)cc1. The molecule has 0 saturated heterocycles. The highest BCUT2D eigenvalue weighted by Gasteiger charge is 2.00. The van der Waals surface area contributed by atoms with Crippen LogP contribution in [0.2, 0.25) is 0 Å². The molecular formula is C12H13FN2O. The van der Waals surface area contributed by atoms with Crippen molar-refractivity contribution < 1.29 is 9.18 Å². The maximum Gasteiger partial charge on any atom is 0.238 e. The van der Waals surface area contributed by atoms with Crippen molar-refractivity contribution in [1.82, 2.24) is 5.32 Å². The smallest absolute Gasteiger partial charge is 0.238 e. The summed E-state index contributed by atoms with van der Waals surface area (Å²) in [7, 11) is 0. The molecule has 1 aromatic carbocycles. The van der Waals surface area contributed by atoms with Crippen molar-refractivity contribution in [1.29, 1.82) is 0 Å². The first kappa shape index (κ1) is 12.2. The van der Waals surface area contributed by atoms with E-state index in [0.717, 1.165) is 0 Å². The quantitative estimate of drug-likeness (QED) is 0.594. The minimum absolute atomic E-state index is 0.176. The standard InChI is InChI=1S/C12H13FN2O/c1-2-3-8-14-9-12(16)15-11-6-4-10(13)5-7-11/h4-7,14H,8-9H2,1H3,(H,15,16). The van der Waals surface area contributed by atoms with Crippen molar-refractivity contribution in [2.45, 2.75) is 6.92 Å². The van der Waals surface area contributed by atoms with Crippen LogP contribution in [0.4, 0.5) is 10.1 Å². The van der Waals surface area contributed by atoms with Crippen molar-refractivity contribution in [2.75, 3.05) is 18.4 Å². The first-order valence-corrected chi connectivity index (χ1v) is 4.88. The van der Waals surface area contributed by atoms with Gasteiger partial charge in [0.15, 0.2) is 0 Å². The van der Waals surface area contributed by atoms with E-state index < -0.39 is 0 Å². The number of anilines is 1. The molecule has 1 aromatic rings. The molecule has 3 nitrogen and oxygen atoms in total. The van der Waals surface area contributed by atoms with Gasteiger partial charge in [-0.1, -0.05) is 5.92 Å². The number of carbonyl (C=O) groups is 1. The summed E-state index contributed by atoms with van der Waals surface area (Å²) < 4.78 is 12.6. The van der Waals surface area contributed by atoms with E-state index in [1.165, 1.54) is 24.3 Å². The van der Waals surface area contributed by atoms with E-state index in [2.05, 4.69) is 22.5 Å². The molecule has 0 aromatic heterocycles. The minimum atomic E-state index is -0.325. The van der Waals surface area contributed by atoms with E-state index in [-0.39, 0.29) is 18.3 Å². The van der Waals surface area contributed by atoms with E-state index >= 15 is 0 Å². The summed E-state index contributed by atoms with van der Waals surface area (Å²) in [5.74, 6) is 4.99. The van der Waals surface area contributed by atoms with Gasteiger partial charge in [-0.25, -0.2) is 4.39 Å². The molecule has 0 aliphatic rings. The number of halogens is 1. The summed E-state index contributed by atoms with van der Waals surface area (Å²) in [6, 6.07) is 5.62. The summed E-state index contributed by atoms with van der Waals surface area (Å²) in [4.78, 5) is 11.3. The van der Waals surface area contributed by atoms with Crippen molar-refractivity contribution >= 4 is 11.6 Å². The van der Waals surface area contributed by atoms with Crippen molar-refractivity contribution in [3.05, 3.63) is 30.1 Å². The molecule has 4 heteroatoms.